The van der Waals surface area contributed by atoms with E-state index in [1.54, 1.807) is 6.20 Å². The molecule has 4 rings (SSSR count). The lowest BCUT2D eigenvalue weighted by Gasteiger charge is -2.08. The van der Waals surface area contributed by atoms with Crippen molar-refractivity contribution in [2.24, 2.45) is 0 Å². The number of nitrogens with zero attached hydrogens (tertiary/aromatic N) is 3. The van der Waals surface area contributed by atoms with Crippen LogP contribution in [0.4, 0.5) is 0 Å². The summed E-state index contributed by atoms with van der Waals surface area (Å²) in [5.41, 5.74) is 5.82. The Bertz CT molecular complexity index is 1070. The summed E-state index contributed by atoms with van der Waals surface area (Å²) in [7, 11) is 0. The number of fused-ring (bicyclic) bond motifs is 1. The fourth-order valence-electron chi connectivity index (χ4n) is 3.07. The second-order valence-electron chi connectivity index (χ2n) is 6.60. The standard InChI is InChI=1S/C22H22N4O/c1-3-4-10-27-18-12-17-11-16(8-9-20(17)23-13-18)19-14-24-26-22(19)21-7-5-6-15(2)25-21/h5-9,11-14H,3-4,10H2,1-2H3,(H,24,26). The Morgan fingerprint density at radius 1 is 1.07 bits per heavy atom. The highest BCUT2D eigenvalue weighted by molar-refractivity contribution is 5.88. The number of aromatic nitrogens is 4. The maximum atomic E-state index is 5.80. The van der Waals surface area contributed by atoms with E-state index in [2.05, 4.69) is 39.2 Å². The minimum Gasteiger partial charge on any atom is -0.492 e. The number of rotatable bonds is 6. The Kier molecular flexibility index (Phi) is 4.83. The van der Waals surface area contributed by atoms with E-state index in [1.165, 1.54) is 0 Å². The van der Waals surface area contributed by atoms with Gasteiger partial charge in [0.2, 0.25) is 0 Å². The Hall–Kier alpha value is -3.21. The van der Waals surface area contributed by atoms with Gasteiger partial charge in [-0.05, 0) is 49.2 Å². The molecule has 136 valence electrons. The molecule has 4 aromatic rings. The SMILES string of the molecule is CCCCOc1cnc2ccc(-c3cn[nH]c3-c3cccc(C)n3)cc2c1. The zero-order valence-corrected chi connectivity index (χ0v) is 15.6. The number of ether oxygens (including phenoxy) is 1. The van der Waals surface area contributed by atoms with Crippen molar-refractivity contribution in [1.82, 2.24) is 20.2 Å². The first-order valence-electron chi connectivity index (χ1n) is 9.25. The van der Waals surface area contributed by atoms with E-state index < -0.39 is 0 Å². The van der Waals surface area contributed by atoms with Crippen LogP contribution in [0, 0.1) is 6.92 Å². The van der Waals surface area contributed by atoms with Crippen LogP contribution < -0.4 is 4.74 Å². The molecule has 0 radical (unpaired) electrons. The van der Waals surface area contributed by atoms with E-state index in [0.29, 0.717) is 6.61 Å². The first-order valence-corrected chi connectivity index (χ1v) is 9.25. The van der Waals surface area contributed by atoms with Gasteiger partial charge in [0.1, 0.15) is 5.75 Å². The van der Waals surface area contributed by atoms with Crippen LogP contribution >= 0.6 is 0 Å². The third kappa shape index (κ3) is 3.67. The zero-order valence-electron chi connectivity index (χ0n) is 15.6. The molecule has 5 heteroatoms. The van der Waals surface area contributed by atoms with Gasteiger partial charge < -0.3 is 4.74 Å². The summed E-state index contributed by atoms with van der Waals surface area (Å²) in [4.78, 5) is 9.13. The van der Waals surface area contributed by atoms with E-state index in [-0.39, 0.29) is 0 Å². The number of H-pyrrole nitrogens is 1. The lowest BCUT2D eigenvalue weighted by atomic mass is 10.0. The molecule has 3 heterocycles. The topological polar surface area (TPSA) is 63.7 Å². The van der Waals surface area contributed by atoms with E-state index in [4.69, 9.17) is 4.74 Å². The number of benzene rings is 1. The van der Waals surface area contributed by atoms with Gasteiger partial charge in [0, 0.05) is 16.6 Å². The lowest BCUT2D eigenvalue weighted by Crippen LogP contribution is -1.97. The average Bonchev–Trinajstić information content (AvgIpc) is 3.17. The second kappa shape index (κ2) is 7.58. The van der Waals surface area contributed by atoms with Crippen molar-refractivity contribution in [2.75, 3.05) is 6.61 Å². The van der Waals surface area contributed by atoms with Gasteiger partial charge in [0.25, 0.3) is 0 Å². The molecule has 0 aliphatic carbocycles. The third-order valence-electron chi connectivity index (χ3n) is 4.52. The van der Waals surface area contributed by atoms with Crippen LogP contribution in [0.25, 0.3) is 33.4 Å². The molecular weight excluding hydrogens is 336 g/mol. The van der Waals surface area contributed by atoms with Crippen LogP contribution in [-0.4, -0.2) is 26.8 Å². The monoisotopic (exact) mass is 358 g/mol. The zero-order chi connectivity index (χ0) is 18.6. The van der Waals surface area contributed by atoms with Gasteiger partial charge in [-0.3, -0.25) is 15.1 Å². The minimum absolute atomic E-state index is 0.717. The molecule has 0 amide bonds. The number of aryl methyl sites for hydroxylation is 1. The highest BCUT2D eigenvalue weighted by Gasteiger charge is 2.12. The molecule has 0 atom stereocenters. The Morgan fingerprint density at radius 2 is 2.00 bits per heavy atom. The fourth-order valence-corrected chi connectivity index (χ4v) is 3.07. The quantitative estimate of drug-likeness (QED) is 0.483. The molecule has 0 saturated heterocycles. The fraction of sp³-hybridized carbons (Fsp3) is 0.227. The highest BCUT2D eigenvalue weighted by atomic mass is 16.5. The molecule has 0 fully saturated rings. The number of hydrogen-bond donors (Lipinski definition) is 1. The summed E-state index contributed by atoms with van der Waals surface area (Å²) in [5, 5.41) is 8.38. The van der Waals surface area contributed by atoms with Crippen LogP contribution in [0.1, 0.15) is 25.5 Å². The molecule has 0 aliphatic heterocycles. The Labute approximate surface area is 158 Å². The molecule has 0 unspecified atom stereocenters. The van der Waals surface area contributed by atoms with Crippen molar-refractivity contribution >= 4 is 10.9 Å². The molecule has 27 heavy (non-hydrogen) atoms. The largest absolute Gasteiger partial charge is 0.492 e. The van der Waals surface area contributed by atoms with Crippen LogP contribution in [0.3, 0.4) is 0 Å². The van der Waals surface area contributed by atoms with Gasteiger partial charge in [-0.25, -0.2) is 0 Å². The number of unbranched alkanes of at least 4 members (excludes halogenated alkanes) is 1. The summed E-state index contributed by atoms with van der Waals surface area (Å²) in [6.45, 7) is 4.86. The van der Waals surface area contributed by atoms with Crippen molar-refractivity contribution in [2.45, 2.75) is 26.7 Å². The van der Waals surface area contributed by atoms with E-state index >= 15 is 0 Å². The van der Waals surface area contributed by atoms with E-state index in [9.17, 15) is 0 Å². The maximum absolute atomic E-state index is 5.80. The lowest BCUT2D eigenvalue weighted by molar-refractivity contribution is 0.309. The first kappa shape index (κ1) is 17.2. The minimum atomic E-state index is 0.717. The first-order chi connectivity index (χ1) is 13.2. The molecule has 0 saturated carbocycles. The van der Waals surface area contributed by atoms with Gasteiger partial charge in [-0.15, -0.1) is 0 Å². The van der Waals surface area contributed by atoms with Gasteiger partial charge in [-0.2, -0.15) is 5.10 Å². The molecule has 5 nitrogen and oxygen atoms in total. The van der Waals surface area contributed by atoms with Gasteiger partial charge in [0.05, 0.1) is 35.9 Å². The Balaban J connectivity index is 1.71. The number of aromatic amines is 1. The predicted molar refractivity (Wildman–Crippen MR) is 108 cm³/mol. The van der Waals surface area contributed by atoms with Gasteiger partial charge in [0.15, 0.2) is 0 Å². The van der Waals surface area contributed by atoms with Crippen LogP contribution in [0.15, 0.2) is 54.9 Å². The highest BCUT2D eigenvalue weighted by Crippen LogP contribution is 2.31. The molecule has 0 bridgehead atoms. The number of hydrogen-bond acceptors (Lipinski definition) is 4. The molecule has 0 aliphatic rings. The average molecular weight is 358 g/mol. The summed E-state index contributed by atoms with van der Waals surface area (Å²) < 4.78 is 5.80. The van der Waals surface area contributed by atoms with Crippen LogP contribution in [-0.2, 0) is 0 Å². The Morgan fingerprint density at radius 3 is 2.85 bits per heavy atom. The maximum Gasteiger partial charge on any atom is 0.138 e. The van der Waals surface area contributed by atoms with Gasteiger partial charge in [-0.1, -0.05) is 25.5 Å². The van der Waals surface area contributed by atoms with E-state index in [0.717, 1.165) is 57.7 Å². The van der Waals surface area contributed by atoms with Crippen LogP contribution in [0.2, 0.25) is 0 Å². The van der Waals surface area contributed by atoms with Crippen molar-refractivity contribution in [1.29, 1.82) is 0 Å². The molecular formula is C22H22N4O. The van der Waals surface area contributed by atoms with Crippen molar-refractivity contribution in [3.8, 4) is 28.3 Å². The normalized spacial score (nSPS) is 11.0. The summed E-state index contributed by atoms with van der Waals surface area (Å²) >= 11 is 0. The smallest absolute Gasteiger partial charge is 0.138 e. The van der Waals surface area contributed by atoms with Crippen LogP contribution in [0.5, 0.6) is 5.75 Å². The molecule has 1 aromatic carbocycles. The molecule has 1 N–H and O–H groups in total. The number of pyridine rings is 2. The van der Waals surface area contributed by atoms with Crippen molar-refractivity contribution in [3.63, 3.8) is 0 Å². The molecule has 3 aromatic heterocycles. The molecule has 0 spiro atoms. The second-order valence-corrected chi connectivity index (χ2v) is 6.60. The predicted octanol–water partition coefficient (Wildman–Crippen LogP) is 5.17. The van der Waals surface area contributed by atoms with Crippen molar-refractivity contribution < 1.29 is 4.74 Å². The third-order valence-corrected chi connectivity index (χ3v) is 4.52. The summed E-state index contributed by atoms with van der Waals surface area (Å²) in [6.07, 6.45) is 5.79. The van der Waals surface area contributed by atoms with Gasteiger partial charge >= 0.3 is 0 Å². The van der Waals surface area contributed by atoms with Crippen molar-refractivity contribution in [3.05, 3.63) is 60.6 Å². The number of nitrogens with one attached hydrogen (secondary N) is 1. The summed E-state index contributed by atoms with van der Waals surface area (Å²) in [5.74, 6) is 0.806. The van der Waals surface area contributed by atoms with E-state index in [1.807, 2.05) is 43.5 Å². The summed E-state index contributed by atoms with van der Waals surface area (Å²) in [6, 6.07) is 14.3.